The van der Waals surface area contributed by atoms with Crippen molar-refractivity contribution in [3.8, 4) is 22.5 Å². The average molecular weight is 455 g/mol. The third-order valence-electron chi connectivity index (χ3n) is 5.88. The molecule has 1 saturated carbocycles. The molecule has 0 bridgehead atoms. The van der Waals surface area contributed by atoms with Gasteiger partial charge < -0.3 is 0 Å². The molecule has 1 aliphatic carbocycles. The minimum atomic E-state index is -4.84. The van der Waals surface area contributed by atoms with Crippen LogP contribution in [0, 0.1) is 11.6 Å². The standard InChI is InChI=1S/C23H14F5N5/c24-16-5-3-12(7-15(16)23(26,27)28)18-10-33-19(9-29-18)31-21(11-1-2-11)22(33)13-4-6-17-14(20(13)25)8-30-32-17/h3-11H,1-2H2,(H,30,32). The van der Waals surface area contributed by atoms with Gasteiger partial charge in [0.2, 0.25) is 0 Å². The van der Waals surface area contributed by atoms with Crippen molar-refractivity contribution in [1.29, 1.82) is 0 Å². The summed E-state index contributed by atoms with van der Waals surface area (Å²) in [5, 5.41) is 6.94. The number of halogens is 5. The zero-order valence-corrected chi connectivity index (χ0v) is 16.8. The van der Waals surface area contributed by atoms with Crippen LogP contribution < -0.4 is 0 Å². The molecule has 0 unspecified atom stereocenters. The first-order valence-electron chi connectivity index (χ1n) is 10.2. The lowest BCUT2D eigenvalue weighted by Crippen LogP contribution is -2.08. The van der Waals surface area contributed by atoms with Crippen LogP contribution in [0.25, 0.3) is 39.1 Å². The van der Waals surface area contributed by atoms with E-state index in [1.807, 2.05) is 0 Å². The molecule has 1 fully saturated rings. The van der Waals surface area contributed by atoms with Gasteiger partial charge in [-0.1, -0.05) is 0 Å². The molecule has 3 heterocycles. The van der Waals surface area contributed by atoms with Gasteiger partial charge in [0.1, 0.15) is 11.6 Å². The van der Waals surface area contributed by atoms with E-state index in [9.17, 15) is 17.6 Å². The Kier molecular flexibility index (Phi) is 4.11. The Bertz CT molecular complexity index is 1540. The molecule has 2 aromatic carbocycles. The number of aromatic nitrogens is 5. The summed E-state index contributed by atoms with van der Waals surface area (Å²) in [7, 11) is 0. The molecule has 5 aromatic rings. The number of aromatic amines is 1. The van der Waals surface area contributed by atoms with Gasteiger partial charge in [0.25, 0.3) is 0 Å². The fourth-order valence-corrected chi connectivity index (χ4v) is 4.10. The molecule has 6 rings (SSSR count). The van der Waals surface area contributed by atoms with Crippen LogP contribution >= 0.6 is 0 Å². The molecule has 1 aliphatic rings. The van der Waals surface area contributed by atoms with Crippen LogP contribution in [0.1, 0.15) is 30.0 Å². The van der Waals surface area contributed by atoms with Crippen molar-refractivity contribution in [2.45, 2.75) is 24.9 Å². The Morgan fingerprint density at radius 2 is 1.85 bits per heavy atom. The van der Waals surface area contributed by atoms with Crippen molar-refractivity contribution in [2.75, 3.05) is 0 Å². The summed E-state index contributed by atoms with van der Waals surface area (Å²) in [4.78, 5) is 8.88. The quantitative estimate of drug-likeness (QED) is 0.334. The van der Waals surface area contributed by atoms with Crippen LogP contribution in [0.2, 0.25) is 0 Å². The number of hydrogen-bond donors (Lipinski definition) is 1. The highest BCUT2D eigenvalue weighted by Gasteiger charge is 2.35. The Labute approximate surface area is 182 Å². The highest BCUT2D eigenvalue weighted by atomic mass is 19.4. The molecule has 0 atom stereocenters. The van der Waals surface area contributed by atoms with Gasteiger partial charge in [-0.25, -0.2) is 13.8 Å². The van der Waals surface area contributed by atoms with Crippen molar-refractivity contribution < 1.29 is 22.0 Å². The number of nitrogens with zero attached hydrogens (tertiary/aromatic N) is 4. The number of H-pyrrole nitrogens is 1. The maximum atomic E-state index is 15.4. The zero-order chi connectivity index (χ0) is 22.9. The molecule has 0 amide bonds. The number of nitrogens with one attached hydrogen (secondary N) is 1. The van der Waals surface area contributed by atoms with Crippen LogP contribution in [-0.4, -0.2) is 24.6 Å². The molecule has 1 N–H and O–H groups in total. The van der Waals surface area contributed by atoms with E-state index in [4.69, 9.17) is 0 Å². The smallest absolute Gasteiger partial charge is 0.296 e. The van der Waals surface area contributed by atoms with Gasteiger partial charge in [-0.15, -0.1) is 0 Å². The Balaban J connectivity index is 1.58. The van der Waals surface area contributed by atoms with Gasteiger partial charge in [0.15, 0.2) is 5.65 Å². The van der Waals surface area contributed by atoms with Gasteiger partial charge in [-0.3, -0.25) is 14.5 Å². The van der Waals surface area contributed by atoms with Crippen LogP contribution in [0.4, 0.5) is 22.0 Å². The molecule has 3 aromatic heterocycles. The van der Waals surface area contributed by atoms with Crippen LogP contribution in [0.3, 0.4) is 0 Å². The summed E-state index contributed by atoms with van der Waals surface area (Å²) >= 11 is 0. The van der Waals surface area contributed by atoms with E-state index in [1.165, 1.54) is 24.7 Å². The lowest BCUT2D eigenvalue weighted by atomic mass is 10.0. The maximum Gasteiger partial charge on any atom is 0.419 e. The highest BCUT2D eigenvalue weighted by Crippen LogP contribution is 2.45. The molecule has 10 heteroatoms. The van der Waals surface area contributed by atoms with Gasteiger partial charge in [0.05, 0.1) is 45.9 Å². The summed E-state index contributed by atoms with van der Waals surface area (Å²) in [6.45, 7) is 0. The fraction of sp³-hybridized carbons (Fsp3) is 0.174. The van der Waals surface area contributed by atoms with Crippen LogP contribution in [0.5, 0.6) is 0 Å². The van der Waals surface area contributed by atoms with Crippen LogP contribution in [-0.2, 0) is 6.18 Å². The van der Waals surface area contributed by atoms with E-state index in [1.54, 1.807) is 16.5 Å². The summed E-state index contributed by atoms with van der Waals surface area (Å²) in [5.41, 5.74) is 1.43. The second kappa shape index (κ2) is 6.84. The molecular weight excluding hydrogens is 441 g/mol. The summed E-state index contributed by atoms with van der Waals surface area (Å²) in [6.07, 6.45) is 1.33. The lowest BCUT2D eigenvalue weighted by Gasteiger charge is -2.11. The average Bonchev–Trinajstić information content (AvgIpc) is 3.38. The summed E-state index contributed by atoms with van der Waals surface area (Å²) in [6, 6.07) is 6.07. The molecule has 0 aliphatic heterocycles. The normalized spacial score (nSPS) is 14.5. The largest absolute Gasteiger partial charge is 0.419 e. The minimum Gasteiger partial charge on any atom is -0.296 e. The molecule has 33 heavy (non-hydrogen) atoms. The Morgan fingerprint density at radius 3 is 2.61 bits per heavy atom. The number of hydrogen-bond acceptors (Lipinski definition) is 3. The molecule has 0 spiro atoms. The van der Waals surface area contributed by atoms with E-state index in [2.05, 4.69) is 20.2 Å². The summed E-state index contributed by atoms with van der Waals surface area (Å²) < 4.78 is 70.4. The first kappa shape index (κ1) is 19.8. The predicted molar refractivity (Wildman–Crippen MR) is 110 cm³/mol. The van der Waals surface area contributed by atoms with Crippen molar-refractivity contribution in [3.63, 3.8) is 0 Å². The van der Waals surface area contributed by atoms with Gasteiger partial charge in [-0.05, 0) is 43.2 Å². The monoisotopic (exact) mass is 455 g/mol. The third-order valence-corrected chi connectivity index (χ3v) is 5.88. The third kappa shape index (κ3) is 3.16. The van der Waals surface area contributed by atoms with E-state index in [-0.39, 0.29) is 17.2 Å². The maximum absolute atomic E-state index is 15.4. The molecule has 0 radical (unpaired) electrons. The topological polar surface area (TPSA) is 58.9 Å². The number of fused-ring (bicyclic) bond motifs is 2. The van der Waals surface area contributed by atoms with Crippen molar-refractivity contribution in [2.24, 2.45) is 0 Å². The van der Waals surface area contributed by atoms with E-state index in [0.29, 0.717) is 33.5 Å². The number of imidazole rings is 1. The van der Waals surface area contributed by atoms with Gasteiger partial charge in [-0.2, -0.15) is 18.3 Å². The number of alkyl halides is 3. The van der Waals surface area contributed by atoms with Gasteiger partial charge in [0, 0.05) is 23.2 Å². The van der Waals surface area contributed by atoms with E-state index in [0.717, 1.165) is 25.0 Å². The Morgan fingerprint density at radius 1 is 1.03 bits per heavy atom. The SMILES string of the molecule is Fc1ccc(-c2cn3c(-c4ccc5[nH]ncc5c4F)c(C4CC4)nc3cn2)cc1C(F)(F)F. The van der Waals surface area contributed by atoms with E-state index >= 15 is 4.39 Å². The van der Waals surface area contributed by atoms with Crippen LogP contribution in [0.15, 0.2) is 48.9 Å². The molecular formula is C23H14F5N5. The number of benzene rings is 2. The second-order valence-corrected chi connectivity index (χ2v) is 8.07. The van der Waals surface area contributed by atoms with Gasteiger partial charge >= 0.3 is 6.18 Å². The minimum absolute atomic E-state index is 0.0870. The second-order valence-electron chi connectivity index (χ2n) is 8.07. The highest BCUT2D eigenvalue weighted by molar-refractivity contribution is 5.85. The summed E-state index contributed by atoms with van der Waals surface area (Å²) in [5.74, 6) is -1.66. The first-order valence-corrected chi connectivity index (χ1v) is 10.2. The van der Waals surface area contributed by atoms with Crippen molar-refractivity contribution in [3.05, 3.63) is 71.8 Å². The zero-order valence-electron chi connectivity index (χ0n) is 16.8. The molecule has 0 saturated heterocycles. The molecule has 5 nitrogen and oxygen atoms in total. The lowest BCUT2D eigenvalue weighted by molar-refractivity contribution is -0.139. The first-order chi connectivity index (χ1) is 15.8. The molecule has 166 valence electrons. The van der Waals surface area contributed by atoms with E-state index < -0.39 is 23.4 Å². The number of rotatable bonds is 3. The van der Waals surface area contributed by atoms with Crippen molar-refractivity contribution >= 4 is 16.6 Å². The van der Waals surface area contributed by atoms with Crippen molar-refractivity contribution in [1.82, 2.24) is 24.6 Å². The fourth-order valence-electron chi connectivity index (χ4n) is 4.10. The predicted octanol–water partition coefficient (Wildman–Crippen LogP) is 6.11. The Hall–Kier alpha value is -3.82.